The molecule has 0 aliphatic heterocycles. The van der Waals surface area contributed by atoms with E-state index in [9.17, 15) is 4.79 Å². The van der Waals surface area contributed by atoms with Crippen molar-refractivity contribution in [2.45, 2.75) is 26.2 Å². The smallest absolute Gasteiger partial charge is 0.259 e. The molecule has 0 bridgehead atoms. The number of halogens is 1. The first-order valence-corrected chi connectivity index (χ1v) is 10.9. The highest BCUT2D eigenvalue weighted by Crippen LogP contribution is 2.29. The van der Waals surface area contributed by atoms with Gasteiger partial charge in [-0.3, -0.25) is 4.79 Å². The summed E-state index contributed by atoms with van der Waals surface area (Å²) in [5.41, 5.74) is 4.85. The van der Waals surface area contributed by atoms with Gasteiger partial charge in [0, 0.05) is 15.7 Å². The highest BCUT2D eigenvalue weighted by molar-refractivity contribution is 9.10. The molecule has 1 N–H and O–H groups in total. The Hall–Kier alpha value is -3.12. The molecule has 4 rings (SSSR count). The minimum Gasteiger partial charge on any atom is -0.496 e. The van der Waals surface area contributed by atoms with Gasteiger partial charge in [0.25, 0.3) is 5.91 Å². The summed E-state index contributed by atoms with van der Waals surface area (Å²) in [5, 5.41) is 2.90. The number of ether oxygens (including phenoxy) is 1. The topological polar surface area (TPSA) is 64.4 Å². The number of fused-ring (bicyclic) bond motifs is 1. The molecule has 1 aromatic heterocycles. The normalized spacial score (nSPS) is 12.0. The molecule has 1 heterocycles. The third-order valence-electron chi connectivity index (χ3n) is 5.39. The van der Waals surface area contributed by atoms with E-state index in [1.54, 1.807) is 19.2 Å². The van der Waals surface area contributed by atoms with Crippen LogP contribution in [0.2, 0.25) is 0 Å². The van der Waals surface area contributed by atoms with Gasteiger partial charge in [0.1, 0.15) is 11.3 Å². The fraction of sp³-hybridized carbons (Fsp3) is 0.200. The number of aromatic nitrogens is 1. The van der Waals surface area contributed by atoms with Crippen molar-refractivity contribution in [2.24, 2.45) is 0 Å². The third-order valence-corrected chi connectivity index (χ3v) is 5.88. The average molecular weight is 479 g/mol. The van der Waals surface area contributed by atoms with E-state index >= 15 is 0 Å². The van der Waals surface area contributed by atoms with Crippen LogP contribution >= 0.6 is 15.9 Å². The molecule has 0 unspecified atom stereocenters. The summed E-state index contributed by atoms with van der Waals surface area (Å²) in [6.45, 7) is 4.38. The van der Waals surface area contributed by atoms with E-state index in [0.29, 0.717) is 28.8 Å². The minimum atomic E-state index is -0.245. The van der Waals surface area contributed by atoms with E-state index in [4.69, 9.17) is 9.15 Å². The lowest BCUT2D eigenvalue weighted by Crippen LogP contribution is -2.13. The number of rotatable bonds is 6. The molecule has 0 saturated heterocycles. The molecule has 3 aromatic carbocycles. The van der Waals surface area contributed by atoms with Crippen molar-refractivity contribution in [3.8, 4) is 17.2 Å². The summed E-state index contributed by atoms with van der Waals surface area (Å²) >= 11 is 3.39. The fourth-order valence-corrected chi connectivity index (χ4v) is 3.72. The van der Waals surface area contributed by atoms with Gasteiger partial charge in [-0.15, -0.1) is 0 Å². The molecule has 1 amide bonds. The Bertz CT molecular complexity index is 1230. The molecule has 0 aliphatic rings. The molecule has 6 heteroatoms. The van der Waals surface area contributed by atoms with E-state index in [0.717, 1.165) is 27.6 Å². The molecule has 4 aromatic rings. The Balaban J connectivity index is 1.54. The number of anilines is 1. The van der Waals surface area contributed by atoms with Crippen LogP contribution in [0.4, 0.5) is 5.69 Å². The Kier molecular flexibility index (Phi) is 6.09. The van der Waals surface area contributed by atoms with Gasteiger partial charge in [-0.2, -0.15) is 0 Å². The molecule has 5 nitrogen and oxygen atoms in total. The van der Waals surface area contributed by atoms with Crippen molar-refractivity contribution < 1.29 is 13.9 Å². The largest absolute Gasteiger partial charge is 0.496 e. The second kappa shape index (κ2) is 8.94. The van der Waals surface area contributed by atoms with E-state index in [1.165, 1.54) is 5.56 Å². The van der Waals surface area contributed by atoms with Crippen LogP contribution in [-0.2, 0) is 0 Å². The van der Waals surface area contributed by atoms with Crippen molar-refractivity contribution in [1.29, 1.82) is 0 Å². The Labute approximate surface area is 189 Å². The van der Waals surface area contributed by atoms with Crippen LogP contribution in [0.3, 0.4) is 0 Å². The standard InChI is InChI=1S/C25H23BrN2O3/c1-4-15(2)17-7-11-23-21(13-17)28-25(31-23)16-5-9-19(10-6-16)27-24(29)20-14-18(26)8-12-22(20)30-3/h5-15H,4H2,1-3H3,(H,27,29)/t15-/m0/s1. The second-order valence-corrected chi connectivity index (χ2v) is 8.35. The van der Waals surface area contributed by atoms with Crippen molar-refractivity contribution in [3.05, 3.63) is 76.3 Å². The average Bonchev–Trinajstić information content (AvgIpc) is 3.22. The SMILES string of the molecule is CC[C@H](C)c1ccc2oc(-c3ccc(NC(=O)c4cc(Br)ccc4OC)cc3)nc2c1. The summed E-state index contributed by atoms with van der Waals surface area (Å²) in [5.74, 6) is 1.31. The molecular weight excluding hydrogens is 456 g/mol. The molecular formula is C25H23BrN2O3. The predicted molar refractivity (Wildman–Crippen MR) is 127 cm³/mol. The lowest BCUT2D eigenvalue weighted by molar-refractivity contribution is 0.102. The summed E-state index contributed by atoms with van der Waals surface area (Å²) < 4.78 is 12.0. The van der Waals surface area contributed by atoms with Crippen molar-refractivity contribution in [3.63, 3.8) is 0 Å². The number of methoxy groups -OCH3 is 1. The Morgan fingerprint density at radius 1 is 1.13 bits per heavy atom. The zero-order valence-electron chi connectivity index (χ0n) is 17.6. The molecule has 0 saturated carbocycles. The molecule has 0 radical (unpaired) electrons. The number of nitrogens with zero attached hydrogens (tertiary/aromatic N) is 1. The van der Waals surface area contributed by atoms with E-state index in [2.05, 4.69) is 52.2 Å². The number of benzene rings is 3. The van der Waals surface area contributed by atoms with Gasteiger partial charge in [0.15, 0.2) is 5.58 Å². The van der Waals surface area contributed by atoms with Crippen molar-refractivity contribution in [2.75, 3.05) is 12.4 Å². The Morgan fingerprint density at radius 2 is 1.90 bits per heavy atom. The van der Waals surface area contributed by atoms with Gasteiger partial charge in [-0.05, 0) is 72.5 Å². The van der Waals surface area contributed by atoms with Gasteiger partial charge in [0.05, 0.1) is 12.7 Å². The monoisotopic (exact) mass is 478 g/mol. The molecule has 1 atom stereocenters. The number of carbonyl (C=O) groups is 1. The highest BCUT2D eigenvalue weighted by Gasteiger charge is 2.14. The lowest BCUT2D eigenvalue weighted by atomic mass is 9.98. The zero-order chi connectivity index (χ0) is 22.0. The summed E-state index contributed by atoms with van der Waals surface area (Å²) in [6, 6.07) is 18.9. The first kappa shape index (κ1) is 21.1. The molecule has 0 fully saturated rings. The first-order valence-electron chi connectivity index (χ1n) is 10.1. The number of carbonyl (C=O) groups excluding carboxylic acids is 1. The van der Waals surface area contributed by atoms with Crippen LogP contribution in [0.15, 0.2) is 69.6 Å². The molecule has 0 spiro atoms. The van der Waals surface area contributed by atoms with Crippen LogP contribution in [0, 0.1) is 0 Å². The van der Waals surface area contributed by atoms with Gasteiger partial charge in [0.2, 0.25) is 5.89 Å². The number of hydrogen-bond donors (Lipinski definition) is 1. The van der Waals surface area contributed by atoms with Crippen LogP contribution in [0.5, 0.6) is 5.75 Å². The number of hydrogen-bond acceptors (Lipinski definition) is 4. The maximum atomic E-state index is 12.7. The van der Waals surface area contributed by atoms with E-state index in [-0.39, 0.29) is 5.91 Å². The molecule has 158 valence electrons. The fourth-order valence-electron chi connectivity index (χ4n) is 3.36. The van der Waals surface area contributed by atoms with E-state index < -0.39 is 0 Å². The van der Waals surface area contributed by atoms with Crippen molar-refractivity contribution >= 4 is 38.6 Å². The molecule has 31 heavy (non-hydrogen) atoms. The number of amides is 1. The lowest BCUT2D eigenvalue weighted by Gasteiger charge is -2.10. The molecule has 0 aliphatic carbocycles. The van der Waals surface area contributed by atoms with Gasteiger partial charge in [-0.1, -0.05) is 35.8 Å². The van der Waals surface area contributed by atoms with Crippen LogP contribution in [0.25, 0.3) is 22.6 Å². The maximum Gasteiger partial charge on any atom is 0.259 e. The summed E-state index contributed by atoms with van der Waals surface area (Å²) in [7, 11) is 1.54. The highest BCUT2D eigenvalue weighted by atomic mass is 79.9. The van der Waals surface area contributed by atoms with Crippen LogP contribution in [0.1, 0.15) is 42.1 Å². The van der Waals surface area contributed by atoms with Gasteiger partial charge in [-0.25, -0.2) is 4.98 Å². The number of nitrogens with one attached hydrogen (secondary N) is 1. The number of oxazole rings is 1. The quantitative estimate of drug-likeness (QED) is 0.322. The van der Waals surface area contributed by atoms with Gasteiger partial charge >= 0.3 is 0 Å². The maximum absolute atomic E-state index is 12.7. The van der Waals surface area contributed by atoms with Gasteiger partial charge < -0.3 is 14.5 Å². The summed E-state index contributed by atoms with van der Waals surface area (Å²) in [4.78, 5) is 17.3. The van der Waals surface area contributed by atoms with Crippen LogP contribution < -0.4 is 10.1 Å². The Morgan fingerprint density at radius 3 is 2.61 bits per heavy atom. The van der Waals surface area contributed by atoms with Crippen LogP contribution in [-0.4, -0.2) is 18.0 Å². The zero-order valence-corrected chi connectivity index (χ0v) is 19.2. The third kappa shape index (κ3) is 4.49. The minimum absolute atomic E-state index is 0.245. The van der Waals surface area contributed by atoms with Crippen molar-refractivity contribution in [1.82, 2.24) is 4.98 Å². The van der Waals surface area contributed by atoms with E-state index in [1.807, 2.05) is 36.4 Å². The predicted octanol–water partition coefficient (Wildman–Crippen LogP) is 7.03. The summed E-state index contributed by atoms with van der Waals surface area (Å²) in [6.07, 6.45) is 1.08. The second-order valence-electron chi connectivity index (χ2n) is 7.43. The first-order chi connectivity index (χ1) is 15.0.